The normalized spacial score (nSPS) is 23.4. The standard InChI is InChI=1S/C60H82ClN9O18/c1-29(2)47(66-51(78)31(5)62-52(79)40(63-55(82)45(76)28-71)11-9-10-34-12-18-37(73)19-13-34)56(83)68-49-33(7)88-60(87)48(30(3)4)67-54(81)43(27-36-17-24-44(75)39(61)26-36)69(8)59(86)50(32(6)72)70-46(77)25-23-42(58(70)85)65-53(80)41(64-57(49)84)22-16-35-14-20-38(74)21-15-35/h12-15,17-21,24,26,29-33,40-43,45-50,71-77H,9-11,16,22-23,25,27-28H2,1-8H3,(H,62,79)(H,63,82)(H,64,84)(H,65,80)(H,66,78)(H,67,81)(H,68,83). The second-order valence-corrected chi connectivity index (χ2v) is 23.3. The van der Waals surface area contributed by atoms with E-state index in [-0.39, 0.29) is 60.8 Å². The van der Waals surface area contributed by atoms with Gasteiger partial charge < -0.3 is 87.5 Å². The minimum absolute atomic E-state index is 0.0147. The van der Waals surface area contributed by atoms with Crippen molar-refractivity contribution in [2.75, 3.05) is 13.7 Å². The highest BCUT2D eigenvalue weighted by atomic mass is 35.5. The fourth-order valence-corrected chi connectivity index (χ4v) is 10.3. The molecule has 9 amide bonds. The lowest BCUT2D eigenvalue weighted by Crippen LogP contribution is -2.67. The number of fused-ring (bicyclic) bond motifs is 2. The molecule has 0 spiro atoms. The number of aliphatic hydroxyl groups excluding tert-OH is 4. The van der Waals surface area contributed by atoms with Crippen LogP contribution in [0, 0.1) is 11.8 Å². The predicted octanol–water partition coefficient (Wildman–Crippen LogP) is -0.804. The van der Waals surface area contributed by atoms with Crippen LogP contribution in [0.15, 0.2) is 66.7 Å². The molecular formula is C60H82ClN9O18. The number of rotatable bonds is 21. The van der Waals surface area contributed by atoms with Crippen molar-refractivity contribution in [2.45, 2.75) is 179 Å². The molecule has 3 aromatic carbocycles. The van der Waals surface area contributed by atoms with Gasteiger partial charge in [-0.2, -0.15) is 0 Å². The number of ether oxygens (including phenoxy) is 1. The molecule has 2 aliphatic rings. The zero-order valence-corrected chi connectivity index (χ0v) is 51.0. The number of phenols is 3. The van der Waals surface area contributed by atoms with E-state index in [1.807, 2.05) is 0 Å². The molecule has 3 aromatic rings. The molecule has 2 aliphatic heterocycles. The van der Waals surface area contributed by atoms with Gasteiger partial charge in [0.1, 0.15) is 84.0 Å². The molecule has 0 radical (unpaired) electrons. The second-order valence-electron chi connectivity index (χ2n) is 22.9. The summed E-state index contributed by atoms with van der Waals surface area (Å²) in [6, 6.07) is 1.86. The van der Waals surface area contributed by atoms with E-state index in [4.69, 9.17) is 16.3 Å². The van der Waals surface area contributed by atoms with E-state index in [0.29, 0.717) is 28.9 Å². The Bertz CT molecular complexity index is 2970. The number of hydrogen-bond acceptors (Lipinski definition) is 18. The Labute approximate surface area is 514 Å². The van der Waals surface area contributed by atoms with E-state index in [1.54, 1.807) is 52.0 Å². The Morgan fingerprint density at radius 3 is 1.89 bits per heavy atom. The number of aromatic hydroxyl groups is 3. The fourth-order valence-electron chi connectivity index (χ4n) is 10.1. The average molecular weight is 1250 g/mol. The van der Waals surface area contributed by atoms with Crippen molar-refractivity contribution >= 4 is 70.7 Å². The number of amides is 9. The lowest BCUT2D eigenvalue weighted by atomic mass is 9.96. The van der Waals surface area contributed by atoms with Crippen molar-refractivity contribution in [3.8, 4) is 17.2 Å². The Balaban J connectivity index is 1.52. The zero-order valence-electron chi connectivity index (χ0n) is 50.3. The number of aliphatic hydroxyl groups is 4. The smallest absolute Gasteiger partial charge is 0.329 e. The minimum Gasteiger partial charge on any atom is -0.508 e. The number of nitrogens with zero attached hydrogens (tertiary/aromatic N) is 2. The number of esters is 1. The maximum atomic E-state index is 15.0. The quantitative estimate of drug-likeness (QED) is 0.0580. The number of carbonyl (C=O) groups excluding carboxylic acids is 10. The summed E-state index contributed by atoms with van der Waals surface area (Å²) in [5, 5.41) is 89.7. The van der Waals surface area contributed by atoms with Crippen LogP contribution >= 0.6 is 11.6 Å². The molecule has 2 saturated heterocycles. The maximum Gasteiger partial charge on any atom is 0.329 e. The number of halogens is 1. The third-order valence-corrected chi connectivity index (χ3v) is 15.6. The first-order chi connectivity index (χ1) is 41.4. The number of benzene rings is 3. The number of phenolic OH excluding ortho intramolecular Hbond substituents is 3. The number of hydrogen-bond donors (Lipinski definition) is 14. The van der Waals surface area contributed by atoms with Crippen LogP contribution in [0.25, 0.3) is 0 Å². The largest absolute Gasteiger partial charge is 0.508 e. The first-order valence-electron chi connectivity index (χ1n) is 29.0. The third-order valence-electron chi connectivity index (χ3n) is 15.3. The van der Waals surface area contributed by atoms with Gasteiger partial charge >= 0.3 is 5.97 Å². The van der Waals surface area contributed by atoms with E-state index < -0.39 is 156 Å². The van der Waals surface area contributed by atoms with Crippen LogP contribution < -0.4 is 37.2 Å². The molecule has 2 heterocycles. The van der Waals surface area contributed by atoms with Gasteiger partial charge in [0.15, 0.2) is 6.10 Å². The van der Waals surface area contributed by atoms with Gasteiger partial charge in [-0.15, -0.1) is 0 Å². The van der Waals surface area contributed by atoms with Crippen LogP contribution in [0.2, 0.25) is 5.02 Å². The van der Waals surface area contributed by atoms with Crippen LogP contribution in [-0.2, 0) is 71.9 Å². The van der Waals surface area contributed by atoms with Gasteiger partial charge in [-0.1, -0.05) is 69.6 Å². The van der Waals surface area contributed by atoms with E-state index in [9.17, 15) is 83.7 Å². The number of aryl methyl sites for hydroxylation is 2. The molecule has 0 saturated carbocycles. The molecule has 2 bridgehead atoms. The summed E-state index contributed by atoms with van der Waals surface area (Å²) in [5.41, 5.74) is 1.67. The van der Waals surface area contributed by atoms with Crippen molar-refractivity contribution in [2.24, 2.45) is 11.8 Å². The number of piperidine rings is 1. The number of cyclic esters (lactones) is 1. The third kappa shape index (κ3) is 19.2. The van der Waals surface area contributed by atoms with Crippen molar-refractivity contribution in [3.63, 3.8) is 0 Å². The highest BCUT2D eigenvalue weighted by Gasteiger charge is 2.47. The molecule has 0 aromatic heterocycles. The number of nitrogens with one attached hydrogen (secondary N) is 7. The van der Waals surface area contributed by atoms with E-state index in [2.05, 4.69) is 37.2 Å². The van der Waals surface area contributed by atoms with Crippen molar-refractivity contribution in [3.05, 3.63) is 88.4 Å². The first-order valence-corrected chi connectivity index (χ1v) is 29.4. The molecule has 13 unspecified atom stereocenters. The summed E-state index contributed by atoms with van der Waals surface area (Å²) in [7, 11) is 1.19. The highest BCUT2D eigenvalue weighted by Crippen LogP contribution is 2.28. The molecule has 88 heavy (non-hydrogen) atoms. The SMILES string of the molecule is CC(NC(=O)C(CCCc1ccc(O)cc1)NC(=O)C(O)CO)C(=O)NC(C(=O)NC1C(=O)NC(CCc2ccc(O)cc2)C(=O)NC2CCC(O)N(C2=O)C(C(C)O)C(=O)N(C)C(Cc2ccc(O)c(Cl)c2)C(=O)NC(C(C)C)C(=O)OC1C)C(C)C. The maximum absolute atomic E-state index is 15.0. The van der Waals surface area contributed by atoms with E-state index >= 15 is 0 Å². The van der Waals surface area contributed by atoms with Crippen LogP contribution in [-0.4, -0.2) is 197 Å². The number of carbonyl (C=O) groups is 10. The Hall–Kier alpha value is -8.11. The Morgan fingerprint density at radius 1 is 0.716 bits per heavy atom. The summed E-state index contributed by atoms with van der Waals surface area (Å²) in [4.78, 5) is 145. The van der Waals surface area contributed by atoms with Gasteiger partial charge in [0, 0.05) is 13.5 Å². The molecule has 28 heteroatoms. The van der Waals surface area contributed by atoms with E-state index in [0.717, 1.165) is 10.5 Å². The van der Waals surface area contributed by atoms with Crippen molar-refractivity contribution < 1.29 is 88.4 Å². The van der Waals surface area contributed by atoms with Gasteiger partial charge in [0.25, 0.3) is 5.91 Å². The predicted molar refractivity (Wildman–Crippen MR) is 316 cm³/mol. The van der Waals surface area contributed by atoms with Crippen molar-refractivity contribution in [1.29, 1.82) is 0 Å². The highest BCUT2D eigenvalue weighted by molar-refractivity contribution is 6.32. The van der Waals surface area contributed by atoms with Gasteiger partial charge in [-0.25, -0.2) is 4.79 Å². The summed E-state index contributed by atoms with van der Waals surface area (Å²) in [6.07, 6.45) is -7.25. The zero-order chi connectivity index (χ0) is 65.4. The topological polar surface area (TPSA) is 412 Å². The summed E-state index contributed by atoms with van der Waals surface area (Å²) in [6.45, 7) is 8.90. The molecule has 13 atom stereocenters. The summed E-state index contributed by atoms with van der Waals surface area (Å²) in [5.74, 6) is -12.1. The molecule has 5 rings (SSSR count). The van der Waals surface area contributed by atoms with Crippen LogP contribution in [0.5, 0.6) is 17.2 Å². The van der Waals surface area contributed by atoms with Gasteiger partial charge in [0.2, 0.25) is 47.3 Å². The van der Waals surface area contributed by atoms with E-state index in [1.165, 1.54) is 70.3 Å². The molecule has 482 valence electrons. The van der Waals surface area contributed by atoms with Crippen LogP contribution in [0.4, 0.5) is 0 Å². The Morgan fingerprint density at radius 2 is 1.32 bits per heavy atom. The van der Waals surface area contributed by atoms with Crippen LogP contribution in [0.1, 0.15) is 97.3 Å². The molecular weight excluding hydrogens is 1170 g/mol. The molecule has 14 N–H and O–H groups in total. The average Bonchev–Trinajstić information content (AvgIpc) is 1.07. The summed E-state index contributed by atoms with van der Waals surface area (Å²) >= 11 is 6.25. The molecule has 27 nitrogen and oxygen atoms in total. The Kier molecular flexibility index (Phi) is 25.9. The lowest BCUT2D eigenvalue weighted by molar-refractivity contribution is -0.170. The molecule has 0 aliphatic carbocycles. The van der Waals surface area contributed by atoms with Gasteiger partial charge in [-0.05, 0) is 131 Å². The van der Waals surface area contributed by atoms with Crippen LogP contribution in [0.3, 0.4) is 0 Å². The first kappa shape index (κ1) is 70.7. The van der Waals surface area contributed by atoms with Gasteiger partial charge in [0.05, 0.1) is 17.7 Å². The fraction of sp³-hybridized carbons (Fsp3) is 0.533. The van der Waals surface area contributed by atoms with Crippen molar-refractivity contribution in [1.82, 2.24) is 47.0 Å². The monoisotopic (exact) mass is 1250 g/mol. The summed E-state index contributed by atoms with van der Waals surface area (Å²) < 4.78 is 5.92. The van der Waals surface area contributed by atoms with Gasteiger partial charge in [-0.3, -0.25) is 43.2 Å². The minimum atomic E-state index is -1.92. The second kappa shape index (κ2) is 32.2. The lowest BCUT2D eigenvalue weighted by Gasteiger charge is -2.43. The number of likely N-dealkylation sites (N-methyl/N-ethyl adjacent to an activating group) is 1. The molecule has 2 fully saturated rings.